The van der Waals surface area contributed by atoms with E-state index in [1.165, 1.54) is 148 Å². The lowest BCUT2D eigenvalue weighted by atomic mass is 10.1. The Bertz CT molecular complexity index is 355. The van der Waals surface area contributed by atoms with Crippen molar-refractivity contribution in [3.05, 3.63) is 0 Å². The molecule has 0 saturated heterocycles. The van der Waals surface area contributed by atoms with Gasteiger partial charge in [-0.15, -0.1) is 0 Å². The molecule has 0 unspecified atom stereocenters. The molecular weight excluding hydrogens is 421 g/mol. The molecule has 196 valence electrons. The lowest BCUT2D eigenvalue weighted by Crippen LogP contribution is -2.16. The van der Waals surface area contributed by atoms with Crippen molar-refractivity contribution in [1.82, 2.24) is 5.32 Å². The van der Waals surface area contributed by atoms with E-state index in [0.717, 1.165) is 0 Å². The molecule has 0 aromatic carbocycles. The topological polar surface area (TPSA) is 78.8 Å². The summed E-state index contributed by atoms with van der Waals surface area (Å²) < 4.78 is 13.6. The van der Waals surface area contributed by atoms with Gasteiger partial charge >= 0.3 is 7.82 Å². The van der Waals surface area contributed by atoms with E-state index in [0.29, 0.717) is 0 Å². The fourth-order valence-electron chi connectivity index (χ4n) is 3.77. The first-order valence-corrected chi connectivity index (χ1v) is 15.4. The van der Waals surface area contributed by atoms with Gasteiger partial charge < -0.3 is 15.1 Å². The summed E-state index contributed by atoms with van der Waals surface area (Å²) in [4.78, 5) is 15.8. The summed E-state index contributed by atoms with van der Waals surface area (Å²) in [5.41, 5.74) is 0. The number of phosphoric ester groups is 1. The third-order valence-electron chi connectivity index (χ3n) is 5.71. The minimum Gasteiger partial charge on any atom is -0.317 e. The quantitative estimate of drug-likeness (QED) is 0.0954. The summed E-state index contributed by atoms with van der Waals surface area (Å²) in [5, 5.41) is 3.64. The molecular formula is C26H58NO4P. The smallest absolute Gasteiger partial charge is 0.317 e. The fraction of sp³-hybridized carbons (Fsp3) is 1.00. The molecule has 0 aromatic rings. The monoisotopic (exact) mass is 479 g/mol. The van der Waals surface area contributed by atoms with Crippen LogP contribution in [-0.4, -0.2) is 29.5 Å². The molecule has 5 nitrogen and oxygen atoms in total. The Morgan fingerprint density at radius 3 is 1.03 bits per heavy atom. The summed E-state index contributed by atoms with van der Waals surface area (Å²) in [6, 6.07) is 0. The minimum absolute atomic E-state index is 0.0459. The zero-order valence-corrected chi connectivity index (χ0v) is 22.8. The van der Waals surface area contributed by atoms with Gasteiger partial charge in [0.1, 0.15) is 0 Å². The number of rotatable bonds is 24. The highest BCUT2D eigenvalue weighted by molar-refractivity contribution is 7.46. The zero-order chi connectivity index (χ0) is 24.2. The predicted molar refractivity (Wildman–Crippen MR) is 140 cm³/mol. The summed E-state index contributed by atoms with van der Waals surface area (Å²) in [6.07, 6.45) is 28.8. The number of unbranched alkanes of at least 4 members (excludes halogenated alkanes) is 18. The molecule has 3 N–H and O–H groups in total. The van der Waals surface area contributed by atoms with Crippen molar-refractivity contribution >= 4 is 7.82 Å². The molecule has 0 saturated carbocycles. The van der Waals surface area contributed by atoms with E-state index >= 15 is 0 Å². The second kappa shape index (κ2) is 29.1. The van der Waals surface area contributed by atoms with Crippen LogP contribution in [0.2, 0.25) is 0 Å². The van der Waals surface area contributed by atoms with E-state index in [-0.39, 0.29) is 6.61 Å². The Morgan fingerprint density at radius 2 is 0.812 bits per heavy atom. The van der Waals surface area contributed by atoms with Crippen molar-refractivity contribution in [3.8, 4) is 0 Å². The Labute approximate surface area is 201 Å². The molecule has 0 aliphatic carbocycles. The van der Waals surface area contributed by atoms with Gasteiger partial charge in [0.05, 0.1) is 6.61 Å². The molecule has 0 aliphatic heterocycles. The highest BCUT2D eigenvalue weighted by Crippen LogP contribution is 2.34. The van der Waals surface area contributed by atoms with Crippen molar-refractivity contribution in [2.24, 2.45) is 0 Å². The van der Waals surface area contributed by atoms with Gasteiger partial charge in [0.15, 0.2) is 0 Å². The van der Waals surface area contributed by atoms with Crippen LogP contribution < -0.4 is 5.32 Å². The van der Waals surface area contributed by atoms with Crippen LogP contribution in [0.5, 0.6) is 0 Å². The van der Waals surface area contributed by atoms with Gasteiger partial charge in [-0.05, 0) is 32.9 Å². The Kier molecular flexibility index (Phi) is 31.1. The van der Waals surface area contributed by atoms with Crippen LogP contribution in [-0.2, 0) is 9.09 Å². The normalized spacial score (nSPS) is 11.4. The standard InChI is InChI=1S/C24H51N.C2H7O4P/c1-3-5-7-9-11-13-15-17-19-21-23-25-24-22-20-18-16-14-12-10-8-6-4-2;1-2-6-7(3,4)5/h25H,3-24H2,1-2H3;2H2,1H3,(H2,3,4,5). The van der Waals surface area contributed by atoms with E-state index in [1.807, 2.05) is 0 Å². The molecule has 6 heteroatoms. The molecule has 0 amide bonds. The lowest BCUT2D eigenvalue weighted by Gasteiger charge is -2.05. The number of hydrogen-bond acceptors (Lipinski definition) is 3. The van der Waals surface area contributed by atoms with Crippen LogP contribution in [0, 0.1) is 0 Å². The third-order valence-corrected chi connectivity index (χ3v) is 6.31. The average Bonchev–Trinajstić information content (AvgIpc) is 2.74. The number of phosphoric acid groups is 1. The van der Waals surface area contributed by atoms with E-state index in [1.54, 1.807) is 0 Å². The highest BCUT2D eigenvalue weighted by Gasteiger charge is 2.10. The van der Waals surface area contributed by atoms with E-state index in [9.17, 15) is 4.57 Å². The first-order chi connectivity index (χ1) is 15.5. The van der Waals surface area contributed by atoms with Crippen LogP contribution in [0.4, 0.5) is 0 Å². The van der Waals surface area contributed by atoms with E-state index in [4.69, 9.17) is 9.79 Å². The zero-order valence-electron chi connectivity index (χ0n) is 21.9. The van der Waals surface area contributed by atoms with Gasteiger partial charge in [-0.2, -0.15) is 0 Å². The van der Waals surface area contributed by atoms with Gasteiger partial charge in [-0.3, -0.25) is 4.52 Å². The maximum atomic E-state index is 9.70. The van der Waals surface area contributed by atoms with Crippen molar-refractivity contribution in [1.29, 1.82) is 0 Å². The molecule has 0 aliphatic rings. The largest absolute Gasteiger partial charge is 0.469 e. The molecule has 0 radical (unpaired) electrons. The van der Waals surface area contributed by atoms with Crippen LogP contribution in [0.15, 0.2) is 0 Å². The van der Waals surface area contributed by atoms with Gasteiger partial charge in [-0.25, -0.2) is 4.57 Å². The van der Waals surface area contributed by atoms with Gasteiger partial charge in [0, 0.05) is 0 Å². The average molecular weight is 480 g/mol. The molecule has 0 aromatic heterocycles. The molecule has 0 fully saturated rings. The lowest BCUT2D eigenvalue weighted by molar-refractivity contribution is 0.206. The van der Waals surface area contributed by atoms with Crippen molar-refractivity contribution in [2.75, 3.05) is 19.7 Å². The SMILES string of the molecule is CCCCCCCCCCCCNCCCCCCCCCCCC.CCOP(=O)(O)O. The predicted octanol–water partition coefficient (Wildman–Crippen LogP) is 8.53. The van der Waals surface area contributed by atoms with Crippen molar-refractivity contribution in [3.63, 3.8) is 0 Å². The minimum atomic E-state index is -4.17. The van der Waals surface area contributed by atoms with Crippen molar-refractivity contribution < 1.29 is 18.9 Å². The molecule has 0 heterocycles. The molecule has 0 rings (SSSR count). The van der Waals surface area contributed by atoms with Crippen LogP contribution in [0.3, 0.4) is 0 Å². The maximum absolute atomic E-state index is 9.70. The molecule has 0 bridgehead atoms. The number of hydrogen-bond donors (Lipinski definition) is 3. The second-order valence-electron chi connectivity index (χ2n) is 9.02. The van der Waals surface area contributed by atoms with Crippen molar-refractivity contribution in [2.45, 2.75) is 149 Å². The highest BCUT2D eigenvalue weighted by atomic mass is 31.2. The first kappa shape index (κ1) is 34.2. The summed E-state index contributed by atoms with van der Waals surface area (Å²) in [5.74, 6) is 0. The van der Waals surface area contributed by atoms with Gasteiger partial charge in [-0.1, -0.05) is 129 Å². The summed E-state index contributed by atoms with van der Waals surface area (Å²) >= 11 is 0. The fourth-order valence-corrected chi connectivity index (χ4v) is 4.10. The van der Waals surface area contributed by atoms with Crippen LogP contribution in [0.1, 0.15) is 149 Å². The third kappa shape index (κ3) is 37.4. The second-order valence-corrected chi connectivity index (χ2v) is 10.3. The Balaban J connectivity index is 0. The maximum Gasteiger partial charge on any atom is 0.469 e. The first-order valence-electron chi connectivity index (χ1n) is 13.9. The van der Waals surface area contributed by atoms with Gasteiger partial charge in [0.2, 0.25) is 0 Å². The van der Waals surface area contributed by atoms with E-state index in [2.05, 4.69) is 23.7 Å². The molecule has 32 heavy (non-hydrogen) atoms. The Morgan fingerprint density at radius 1 is 0.531 bits per heavy atom. The summed E-state index contributed by atoms with van der Waals surface area (Å²) in [6.45, 7) is 8.64. The van der Waals surface area contributed by atoms with Crippen LogP contribution >= 0.6 is 7.82 Å². The van der Waals surface area contributed by atoms with Crippen LogP contribution in [0.25, 0.3) is 0 Å². The number of nitrogens with one attached hydrogen (secondary N) is 1. The molecule has 0 atom stereocenters. The van der Waals surface area contributed by atoms with Gasteiger partial charge in [0.25, 0.3) is 0 Å². The summed E-state index contributed by atoms with van der Waals surface area (Å²) in [7, 11) is -4.17. The Hall–Kier alpha value is 0.0700. The van der Waals surface area contributed by atoms with E-state index < -0.39 is 7.82 Å². The molecule has 0 spiro atoms.